The Balaban J connectivity index is 1.92. The largest absolute Gasteiger partial charge is 0.353 e. The van der Waals surface area contributed by atoms with E-state index in [4.69, 9.17) is 0 Å². The second-order valence-corrected chi connectivity index (χ2v) is 7.69. The summed E-state index contributed by atoms with van der Waals surface area (Å²) < 4.78 is 0. The van der Waals surface area contributed by atoms with Crippen molar-refractivity contribution in [1.82, 2.24) is 10.6 Å². The van der Waals surface area contributed by atoms with Gasteiger partial charge in [-0.2, -0.15) is 0 Å². The molecular formula is C17H32N2O. The van der Waals surface area contributed by atoms with Crippen molar-refractivity contribution in [2.24, 2.45) is 10.8 Å². The van der Waals surface area contributed by atoms with Gasteiger partial charge >= 0.3 is 0 Å². The molecule has 0 bridgehead atoms. The molecule has 1 aliphatic carbocycles. The van der Waals surface area contributed by atoms with Gasteiger partial charge in [0.05, 0.1) is 5.41 Å². The summed E-state index contributed by atoms with van der Waals surface area (Å²) in [6.07, 6.45) is 8.93. The molecule has 2 N–H and O–H groups in total. The number of rotatable bonds is 4. The third-order valence-electron chi connectivity index (χ3n) is 5.45. The van der Waals surface area contributed by atoms with Crippen molar-refractivity contribution < 1.29 is 4.79 Å². The van der Waals surface area contributed by atoms with Crippen LogP contribution in [0, 0.1) is 10.8 Å². The molecule has 3 heteroatoms. The molecule has 0 radical (unpaired) electrons. The molecule has 1 amide bonds. The molecule has 0 atom stereocenters. The topological polar surface area (TPSA) is 41.1 Å². The Morgan fingerprint density at radius 2 is 1.75 bits per heavy atom. The summed E-state index contributed by atoms with van der Waals surface area (Å²) >= 11 is 0. The van der Waals surface area contributed by atoms with Gasteiger partial charge in [-0.05, 0) is 63.5 Å². The molecule has 2 fully saturated rings. The first kappa shape index (κ1) is 15.8. The number of carbonyl (C=O) groups is 1. The minimum absolute atomic E-state index is 0.0903. The van der Waals surface area contributed by atoms with Crippen molar-refractivity contribution in [3.05, 3.63) is 0 Å². The second-order valence-electron chi connectivity index (χ2n) is 7.69. The Kier molecular flexibility index (Phi) is 5.11. The van der Waals surface area contributed by atoms with Crippen molar-refractivity contribution >= 4 is 5.91 Å². The van der Waals surface area contributed by atoms with Gasteiger partial charge < -0.3 is 10.6 Å². The molecule has 0 aromatic heterocycles. The third kappa shape index (κ3) is 3.75. The smallest absolute Gasteiger partial charge is 0.226 e. The molecule has 0 unspecified atom stereocenters. The van der Waals surface area contributed by atoms with Gasteiger partial charge in [-0.15, -0.1) is 0 Å². The number of hydrogen-bond donors (Lipinski definition) is 2. The Morgan fingerprint density at radius 3 is 2.30 bits per heavy atom. The van der Waals surface area contributed by atoms with Crippen LogP contribution in [-0.4, -0.2) is 25.0 Å². The Morgan fingerprint density at radius 1 is 1.15 bits per heavy atom. The van der Waals surface area contributed by atoms with Gasteiger partial charge in [0.25, 0.3) is 0 Å². The summed E-state index contributed by atoms with van der Waals surface area (Å²) in [5, 5.41) is 6.77. The fourth-order valence-corrected chi connectivity index (χ4v) is 3.86. The van der Waals surface area contributed by atoms with Crippen LogP contribution in [0.2, 0.25) is 0 Å². The molecule has 1 aliphatic heterocycles. The maximum atomic E-state index is 12.8. The molecule has 2 rings (SSSR count). The fraction of sp³-hybridized carbons (Fsp3) is 0.941. The molecule has 20 heavy (non-hydrogen) atoms. The summed E-state index contributed by atoms with van der Waals surface area (Å²) in [7, 11) is 0. The van der Waals surface area contributed by atoms with Gasteiger partial charge in [0.1, 0.15) is 0 Å². The minimum Gasteiger partial charge on any atom is -0.353 e. The van der Waals surface area contributed by atoms with Crippen LogP contribution < -0.4 is 10.6 Å². The predicted octanol–water partition coefficient (Wildman–Crippen LogP) is 3.24. The van der Waals surface area contributed by atoms with Crippen molar-refractivity contribution in [3.8, 4) is 0 Å². The summed E-state index contributed by atoms with van der Waals surface area (Å²) in [4.78, 5) is 12.8. The summed E-state index contributed by atoms with van der Waals surface area (Å²) in [5.74, 6) is 0.338. The van der Waals surface area contributed by atoms with Crippen LogP contribution in [0.4, 0.5) is 0 Å². The van der Waals surface area contributed by atoms with E-state index in [9.17, 15) is 4.79 Å². The van der Waals surface area contributed by atoms with E-state index < -0.39 is 0 Å². The highest BCUT2D eigenvalue weighted by atomic mass is 16.2. The number of carbonyl (C=O) groups excluding carboxylic acids is 1. The first-order valence-corrected chi connectivity index (χ1v) is 8.49. The van der Waals surface area contributed by atoms with Gasteiger partial charge in [0, 0.05) is 6.04 Å². The zero-order valence-corrected chi connectivity index (χ0v) is 13.6. The van der Waals surface area contributed by atoms with Gasteiger partial charge in [0.15, 0.2) is 0 Å². The molecular weight excluding hydrogens is 248 g/mol. The van der Waals surface area contributed by atoms with Crippen molar-refractivity contribution in [2.45, 2.75) is 78.2 Å². The zero-order valence-electron chi connectivity index (χ0n) is 13.6. The van der Waals surface area contributed by atoms with E-state index in [2.05, 4.69) is 31.4 Å². The lowest BCUT2D eigenvalue weighted by atomic mass is 9.73. The van der Waals surface area contributed by atoms with Gasteiger partial charge in [-0.3, -0.25) is 4.79 Å². The summed E-state index contributed by atoms with van der Waals surface area (Å²) in [6.45, 7) is 8.86. The highest BCUT2D eigenvalue weighted by Gasteiger charge is 2.39. The Hall–Kier alpha value is -0.570. The standard InChI is InChI=1S/C17H32N2O/c1-4-7-17(10-12-18-13-11-17)15(20)19-14-5-8-16(2,3)9-6-14/h14,18H,4-13H2,1-3H3,(H,19,20). The normalized spacial score (nSPS) is 26.1. The van der Waals surface area contributed by atoms with Crippen molar-refractivity contribution in [2.75, 3.05) is 13.1 Å². The van der Waals surface area contributed by atoms with Crippen LogP contribution in [0.5, 0.6) is 0 Å². The van der Waals surface area contributed by atoms with Crippen LogP contribution in [0.15, 0.2) is 0 Å². The predicted molar refractivity (Wildman–Crippen MR) is 83.6 cm³/mol. The average Bonchev–Trinajstić information content (AvgIpc) is 2.42. The highest BCUT2D eigenvalue weighted by molar-refractivity contribution is 5.83. The molecule has 3 nitrogen and oxygen atoms in total. The van der Waals surface area contributed by atoms with E-state index in [0.717, 1.165) is 51.6 Å². The monoisotopic (exact) mass is 280 g/mol. The lowest BCUT2D eigenvalue weighted by molar-refractivity contribution is -0.134. The maximum Gasteiger partial charge on any atom is 0.226 e. The van der Waals surface area contributed by atoms with E-state index in [1.54, 1.807) is 0 Å². The fourth-order valence-electron chi connectivity index (χ4n) is 3.86. The number of hydrogen-bond acceptors (Lipinski definition) is 2. The van der Waals surface area contributed by atoms with E-state index in [1.165, 1.54) is 12.8 Å². The second kappa shape index (κ2) is 6.46. The van der Waals surface area contributed by atoms with Crippen LogP contribution >= 0.6 is 0 Å². The van der Waals surface area contributed by atoms with Gasteiger partial charge in [0.2, 0.25) is 5.91 Å². The first-order chi connectivity index (χ1) is 9.47. The SMILES string of the molecule is CCCC1(C(=O)NC2CCC(C)(C)CC2)CCNCC1. The van der Waals surface area contributed by atoms with Crippen LogP contribution in [0.3, 0.4) is 0 Å². The molecule has 1 saturated carbocycles. The van der Waals surface area contributed by atoms with E-state index in [0.29, 0.717) is 17.4 Å². The molecule has 0 spiro atoms. The van der Waals surface area contributed by atoms with Crippen molar-refractivity contribution in [1.29, 1.82) is 0 Å². The molecule has 2 aliphatic rings. The lowest BCUT2D eigenvalue weighted by Crippen LogP contribution is -2.51. The van der Waals surface area contributed by atoms with Gasteiger partial charge in [-0.25, -0.2) is 0 Å². The van der Waals surface area contributed by atoms with Crippen LogP contribution in [0.1, 0.15) is 72.1 Å². The van der Waals surface area contributed by atoms with Crippen LogP contribution in [0.25, 0.3) is 0 Å². The van der Waals surface area contributed by atoms with Crippen molar-refractivity contribution in [3.63, 3.8) is 0 Å². The Labute approximate surface area is 124 Å². The highest BCUT2D eigenvalue weighted by Crippen LogP contribution is 2.37. The minimum atomic E-state index is -0.0903. The molecule has 0 aromatic carbocycles. The number of amides is 1. The lowest BCUT2D eigenvalue weighted by Gasteiger charge is -2.40. The quantitative estimate of drug-likeness (QED) is 0.830. The first-order valence-electron chi connectivity index (χ1n) is 8.49. The van der Waals surface area contributed by atoms with Crippen LogP contribution in [-0.2, 0) is 4.79 Å². The van der Waals surface area contributed by atoms with E-state index in [1.807, 2.05) is 0 Å². The number of piperidine rings is 1. The number of nitrogens with one attached hydrogen (secondary N) is 2. The summed E-state index contributed by atoms with van der Waals surface area (Å²) in [6, 6.07) is 0.416. The molecule has 1 saturated heterocycles. The molecule has 116 valence electrons. The Bertz CT molecular complexity index is 316. The van der Waals surface area contributed by atoms with E-state index >= 15 is 0 Å². The zero-order chi connectivity index (χ0) is 14.6. The summed E-state index contributed by atoms with van der Waals surface area (Å²) in [5.41, 5.74) is 0.379. The average molecular weight is 280 g/mol. The molecule has 1 heterocycles. The maximum absolute atomic E-state index is 12.8. The molecule has 0 aromatic rings. The third-order valence-corrected chi connectivity index (χ3v) is 5.45. The van der Waals surface area contributed by atoms with E-state index in [-0.39, 0.29) is 5.41 Å². The van der Waals surface area contributed by atoms with Gasteiger partial charge in [-0.1, -0.05) is 27.2 Å².